The number of thiophene rings is 1. The Morgan fingerprint density at radius 3 is 2.41 bits per heavy atom. The van der Waals surface area contributed by atoms with Crippen molar-refractivity contribution < 1.29 is 23.5 Å². The molecule has 0 aliphatic carbocycles. The standard InChI is InChI=1S/C22H20FNO4S/c1-3-27-22(26)20-18(15-6-8-16(23)9-7-15)13-29-21(20)24-19(25)12-28-17-10-4-14(2)5-11-17/h4-11,13H,3,12H2,1-2H3,(H,24,25). The van der Waals surface area contributed by atoms with Crippen LogP contribution in [0.5, 0.6) is 5.75 Å². The lowest BCUT2D eigenvalue weighted by atomic mass is 10.0. The summed E-state index contributed by atoms with van der Waals surface area (Å²) < 4.78 is 23.9. The highest BCUT2D eigenvalue weighted by molar-refractivity contribution is 7.15. The van der Waals surface area contributed by atoms with Crippen LogP contribution >= 0.6 is 11.3 Å². The quantitative estimate of drug-likeness (QED) is 0.550. The van der Waals surface area contributed by atoms with Crippen molar-refractivity contribution in [2.75, 3.05) is 18.5 Å². The Labute approximate surface area is 172 Å². The molecule has 29 heavy (non-hydrogen) atoms. The second-order valence-corrected chi connectivity index (χ2v) is 7.11. The molecule has 0 unspecified atom stereocenters. The third kappa shape index (κ3) is 5.20. The lowest BCUT2D eigenvalue weighted by Gasteiger charge is -2.10. The highest BCUT2D eigenvalue weighted by Gasteiger charge is 2.23. The van der Waals surface area contributed by atoms with E-state index in [2.05, 4.69) is 5.32 Å². The topological polar surface area (TPSA) is 64.6 Å². The first kappa shape index (κ1) is 20.5. The molecule has 0 fully saturated rings. The Morgan fingerprint density at radius 2 is 1.76 bits per heavy atom. The summed E-state index contributed by atoms with van der Waals surface area (Å²) in [4.78, 5) is 24.9. The minimum Gasteiger partial charge on any atom is -0.484 e. The predicted octanol–water partition coefficient (Wildman–Crippen LogP) is 5.06. The number of aryl methyl sites for hydroxylation is 1. The summed E-state index contributed by atoms with van der Waals surface area (Å²) in [6, 6.07) is 13.1. The highest BCUT2D eigenvalue weighted by atomic mass is 32.1. The molecule has 0 spiro atoms. The monoisotopic (exact) mass is 413 g/mol. The number of rotatable bonds is 7. The van der Waals surface area contributed by atoms with Gasteiger partial charge >= 0.3 is 5.97 Å². The van der Waals surface area contributed by atoms with Gasteiger partial charge in [-0.3, -0.25) is 4.79 Å². The van der Waals surface area contributed by atoms with Crippen LogP contribution < -0.4 is 10.1 Å². The van der Waals surface area contributed by atoms with Gasteiger partial charge < -0.3 is 14.8 Å². The fourth-order valence-corrected chi connectivity index (χ4v) is 3.62. The number of hydrogen-bond donors (Lipinski definition) is 1. The first-order valence-electron chi connectivity index (χ1n) is 9.01. The largest absolute Gasteiger partial charge is 0.484 e. The maximum absolute atomic E-state index is 13.2. The van der Waals surface area contributed by atoms with E-state index in [1.165, 1.54) is 23.5 Å². The van der Waals surface area contributed by atoms with Gasteiger partial charge in [-0.25, -0.2) is 9.18 Å². The zero-order valence-electron chi connectivity index (χ0n) is 16.0. The molecule has 3 aromatic rings. The number of carbonyl (C=O) groups is 2. The number of benzene rings is 2. The molecular weight excluding hydrogens is 393 g/mol. The molecule has 1 aromatic heterocycles. The van der Waals surface area contributed by atoms with Gasteiger partial charge in [0.1, 0.15) is 22.1 Å². The number of hydrogen-bond acceptors (Lipinski definition) is 5. The summed E-state index contributed by atoms with van der Waals surface area (Å²) in [5.41, 5.74) is 2.56. The molecule has 0 atom stereocenters. The minimum atomic E-state index is -0.553. The second kappa shape index (κ2) is 9.34. The van der Waals surface area contributed by atoms with Gasteiger partial charge in [0.15, 0.2) is 6.61 Å². The molecule has 0 saturated carbocycles. The lowest BCUT2D eigenvalue weighted by molar-refractivity contribution is -0.118. The van der Waals surface area contributed by atoms with E-state index in [0.29, 0.717) is 21.9 Å². The van der Waals surface area contributed by atoms with E-state index in [-0.39, 0.29) is 24.6 Å². The first-order chi connectivity index (χ1) is 14.0. The molecule has 1 N–H and O–H groups in total. The van der Waals surface area contributed by atoms with Crippen LogP contribution in [-0.4, -0.2) is 25.1 Å². The molecule has 5 nitrogen and oxygen atoms in total. The Morgan fingerprint density at radius 1 is 1.07 bits per heavy atom. The van der Waals surface area contributed by atoms with Gasteiger partial charge in [-0.05, 0) is 43.7 Å². The van der Waals surface area contributed by atoms with E-state index in [0.717, 1.165) is 5.56 Å². The van der Waals surface area contributed by atoms with Crippen LogP contribution in [0.25, 0.3) is 11.1 Å². The van der Waals surface area contributed by atoms with Crippen LogP contribution in [0.3, 0.4) is 0 Å². The van der Waals surface area contributed by atoms with Crippen LogP contribution in [0.2, 0.25) is 0 Å². The third-order valence-corrected chi connectivity index (χ3v) is 4.97. The molecule has 1 amide bonds. The number of carbonyl (C=O) groups excluding carboxylic acids is 2. The maximum Gasteiger partial charge on any atom is 0.341 e. The van der Waals surface area contributed by atoms with Gasteiger partial charge in [-0.2, -0.15) is 0 Å². The van der Waals surface area contributed by atoms with Crippen molar-refractivity contribution in [3.05, 3.63) is 70.9 Å². The molecule has 0 aliphatic heterocycles. The molecule has 1 heterocycles. The van der Waals surface area contributed by atoms with Gasteiger partial charge in [0.25, 0.3) is 5.91 Å². The van der Waals surface area contributed by atoms with Crippen molar-refractivity contribution in [1.29, 1.82) is 0 Å². The molecule has 3 rings (SSSR count). The van der Waals surface area contributed by atoms with E-state index in [1.54, 1.807) is 36.6 Å². The molecule has 0 radical (unpaired) electrons. The van der Waals surface area contributed by atoms with E-state index in [9.17, 15) is 14.0 Å². The van der Waals surface area contributed by atoms with Crippen LogP contribution in [-0.2, 0) is 9.53 Å². The van der Waals surface area contributed by atoms with Gasteiger partial charge in [0.05, 0.1) is 6.61 Å². The second-order valence-electron chi connectivity index (χ2n) is 6.23. The van der Waals surface area contributed by atoms with E-state index >= 15 is 0 Å². The molecule has 2 aromatic carbocycles. The fraction of sp³-hybridized carbons (Fsp3) is 0.182. The molecular formula is C22H20FNO4S. The summed E-state index contributed by atoms with van der Waals surface area (Å²) in [6.45, 7) is 3.66. The average molecular weight is 413 g/mol. The highest BCUT2D eigenvalue weighted by Crippen LogP contribution is 2.36. The van der Waals surface area contributed by atoms with Crippen molar-refractivity contribution in [2.24, 2.45) is 0 Å². The molecule has 0 bridgehead atoms. The Balaban J connectivity index is 1.78. The number of esters is 1. The summed E-state index contributed by atoms with van der Waals surface area (Å²) in [5, 5.41) is 4.81. The Bertz CT molecular complexity index is 997. The molecule has 0 saturated heterocycles. The van der Waals surface area contributed by atoms with Crippen LogP contribution in [0.15, 0.2) is 53.9 Å². The first-order valence-corrected chi connectivity index (χ1v) is 9.89. The van der Waals surface area contributed by atoms with Crippen molar-refractivity contribution in [3.63, 3.8) is 0 Å². The number of ether oxygens (including phenoxy) is 2. The van der Waals surface area contributed by atoms with Gasteiger partial charge in [-0.15, -0.1) is 11.3 Å². The summed E-state index contributed by atoms with van der Waals surface area (Å²) in [5.74, 6) is -0.746. The van der Waals surface area contributed by atoms with Gasteiger partial charge in [0, 0.05) is 10.9 Å². The number of nitrogens with one attached hydrogen (secondary N) is 1. The fourth-order valence-electron chi connectivity index (χ4n) is 2.64. The van der Waals surface area contributed by atoms with Crippen molar-refractivity contribution in [1.82, 2.24) is 0 Å². The van der Waals surface area contributed by atoms with Gasteiger partial charge in [0.2, 0.25) is 0 Å². The average Bonchev–Trinajstić information content (AvgIpc) is 3.12. The summed E-state index contributed by atoms with van der Waals surface area (Å²) in [7, 11) is 0. The zero-order chi connectivity index (χ0) is 20.8. The Hall–Kier alpha value is -3.19. The summed E-state index contributed by atoms with van der Waals surface area (Å²) in [6.07, 6.45) is 0. The zero-order valence-corrected chi connectivity index (χ0v) is 16.8. The minimum absolute atomic E-state index is 0.196. The van der Waals surface area contributed by atoms with Gasteiger partial charge in [-0.1, -0.05) is 29.8 Å². The van der Waals surface area contributed by atoms with Crippen LogP contribution in [0.1, 0.15) is 22.8 Å². The number of anilines is 1. The lowest BCUT2D eigenvalue weighted by Crippen LogP contribution is -2.21. The van der Waals surface area contributed by atoms with E-state index < -0.39 is 11.9 Å². The van der Waals surface area contributed by atoms with Crippen molar-refractivity contribution >= 4 is 28.2 Å². The third-order valence-electron chi connectivity index (χ3n) is 4.07. The normalized spacial score (nSPS) is 10.4. The number of halogens is 1. The molecule has 0 aliphatic rings. The smallest absolute Gasteiger partial charge is 0.341 e. The SMILES string of the molecule is CCOC(=O)c1c(-c2ccc(F)cc2)csc1NC(=O)COc1ccc(C)cc1. The van der Waals surface area contributed by atoms with Crippen LogP contribution in [0, 0.1) is 12.7 Å². The van der Waals surface area contributed by atoms with Crippen molar-refractivity contribution in [2.45, 2.75) is 13.8 Å². The molecule has 150 valence electrons. The number of amides is 1. The maximum atomic E-state index is 13.2. The van der Waals surface area contributed by atoms with Crippen LogP contribution in [0.4, 0.5) is 9.39 Å². The molecule has 7 heteroatoms. The van der Waals surface area contributed by atoms with Crippen molar-refractivity contribution in [3.8, 4) is 16.9 Å². The van der Waals surface area contributed by atoms with E-state index in [1.807, 2.05) is 19.1 Å². The van der Waals surface area contributed by atoms with E-state index in [4.69, 9.17) is 9.47 Å². The summed E-state index contributed by atoms with van der Waals surface area (Å²) >= 11 is 1.20. The predicted molar refractivity (Wildman–Crippen MR) is 111 cm³/mol. The Kier molecular flexibility index (Phi) is 6.61.